The van der Waals surface area contributed by atoms with Crippen LogP contribution in [-0.2, 0) is 11.3 Å². The first-order valence-corrected chi connectivity index (χ1v) is 9.51. The molecule has 0 fully saturated rings. The van der Waals surface area contributed by atoms with Crippen molar-refractivity contribution < 1.29 is 9.18 Å². The van der Waals surface area contributed by atoms with Gasteiger partial charge in [0.2, 0.25) is 5.91 Å². The molecule has 0 radical (unpaired) electrons. The fourth-order valence-corrected chi connectivity index (χ4v) is 3.60. The average molecular weight is 389 g/mol. The summed E-state index contributed by atoms with van der Waals surface area (Å²) in [5.41, 5.74) is 0.617. The van der Waals surface area contributed by atoms with E-state index in [-0.39, 0.29) is 11.7 Å². The molecule has 134 valence electrons. The molecule has 1 atom stereocenters. The standard InChI is InChI=1S/C17H16FN5OS2/c1-3-8-23-14(12-5-4-6-13(18)10-12)21-22-17(23)26-11(2)15(24)20-16-19-7-9-25-16/h3-7,9-11H,1,8H2,2H3,(H,19,20,24). The monoisotopic (exact) mass is 389 g/mol. The summed E-state index contributed by atoms with van der Waals surface area (Å²) in [5.74, 6) is 0.00545. The van der Waals surface area contributed by atoms with E-state index in [9.17, 15) is 9.18 Å². The minimum atomic E-state index is -0.410. The van der Waals surface area contributed by atoms with Crippen LogP contribution in [0.4, 0.5) is 9.52 Å². The smallest absolute Gasteiger partial charge is 0.239 e. The zero-order valence-electron chi connectivity index (χ0n) is 13.9. The molecular weight excluding hydrogens is 373 g/mol. The molecule has 9 heteroatoms. The number of nitrogens with zero attached hydrogens (tertiary/aromatic N) is 4. The Kier molecular flexibility index (Phi) is 5.79. The topological polar surface area (TPSA) is 72.7 Å². The van der Waals surface area contributed by atoms with Gasteiger partial charge < -0.3 is 5.32 Å². The summed E-state index contributed by atoms with van der Waals surface area (Å²) in [6.07, 6.45) is 3.33. The largest absolute Gasteiger partial charge is 0.301 e. The number of carbonyl (C=O) groups excluding carboxylic acids is 1. The van der Waals surface area contributed by atoms with Gasteiger partial charge in [-0.25, -0.2) is 9.37 Å². The average Bonchev–Trinajstić information content (AvgIpc) is 3.26. The number of aromatic nitrogens is 4. The molecule has 0 saturated carbocycles. The van der Waals surface area contributed by atoms with Crippen molar-refractivity contribution in [3.63, 3.8) is 0 Å². The molecule has 6 nitrogen and oxygen atoms in total. The molecule has 3 rings (SSSR count). The van der Waals surface area contributed by atoms with Gasteiger partial charge in [-0.15, -0.1) is 28.1 Å². The number of hydrogen-bond acceptors (Lipinski definition) is 6. The minimum absolute atomic E-state index is 0.176. The molecule has 0 saturated heterocycles. The number of thiazole rings is 1. The van der Waals surface area contributed by atoms with E-state index < -0.39 is 5.25 Å². The van der Waals surface area contributed by atoms with E-state index in [1.54, 1.807) is 41.3 Å². The lowest BCUT2D eigenvalue weighted by Gasteiger charge is -2.12. The molecule has 1 amide bonds. The highest BCUT2D eigenvalue weighted by Gasteiger charge is 2.21. The van der Waals surface area contributed by atoms with E-state index in [0.717, 1.165) is 0 Å². The lowest BCUT2D eigenvalue weighted by molar-refractivity contribution is -0.115. The first-order valence-electron chi connectivity index (χ1n) is 7.75. The molecule has 2 aromatic heterocycles. The molecule has 0 aliphatic carbocycles. The highest BCUT2D eigenvalue weighted by atomic mass is 32.2. The van der Waals surface area contributed by atoms with Gasteiger partial charge in [0.15, 0.2) is 16.1 Å². The summed E-state index contributed by atoms with van der Waals surface area (Å²) >= 11 is 2.63. The molecule has 2 heterocycles. The van der Waals surface area contributed by atoms with Gasteiger partial charge in [-0.05, 0) is 19.1 Å². The van der Waals surface area contributed by atoms with Crippen molar-refractivity contribution in [2.75, 3.05) is 5.32 Å². The molecule has 1 N–H and O–H groups in total. The Bertz CT molecular complexity index is 910. The van der Waals surface area contributed by atoms with Crippen LogP contribution in [0.25, 0.3) is 11.4 Å². The minimum Gasteiger partial charge on any atom is -0.301 e. The second kappa shape index (κ2) is 8.24. The Balaban J connectivity index is 1.81. The van der Waals surface area contributed by atoms with Crippen molar-refractivity contribution in [2.45, 2.75) is 23.9 Å². The van der Waals surface area contributed by atoms with Crippen LogP contribution in [0, 0.1) is 5.82 Å². The van der Waals surface area contributed by atoms with Crippen LogP contribution in [0.1, 0.15) is 6.92 Å². The third-order valence-corrected chi connectivity index (χ3v) is 5.19. The van der Waals surface area contributed by atoms with E-state index in [1.807, 2.05) is 0 Å². The summed E-state index contributed by atoms with van der Waals surface area (Å²) < 4.78 is 15.3. The Morgan fingerprint density at radius 2 is 2.35 bits per heavy atom. The van der Waals surface area contributed by atoms with E-state index in [4.69, 9.17) is 0 Å². The predicted molar refractivity (Wildman–Crippen MR) is 102 cm³/mol. The molecule has 0 aliphatic heterocycles. The fourth-order valence-electron chi connectivity index (χ4n) is 2.21. The van der Waals surface area contributed by atoms with Gasteiger partial charge in [0.1, 0.15) is 5.82 Å². The van der Waals surface area contributed by atoms with Gasteiger partial charge in [0, 0.05) is 23.7 Å². The fraction of sp³-hybridized carbons (Fsp3) is 0.176. The van der Waals surface area contributed by atoms with Gasteiger partial charge >= 0.3 is 0 Å². The maximum atomic E-state index is 13.5. The number of halogens is 1. The Morgan fingerprint density at radius 1 is 1.50 bits per heavy atom. The third-order valence-electron chi connectivity index (χ3n) is 3.43. The maximum absolute atomic E-state index is 13.5. The van der Waals surface area contributed by atoms with Crippen molar-refractivity contribution in [1.82, 2.24) is 19.7 Å². The van der Waals surface area contributed by atoms with Crippen molar-refractivity contribution in [3.05, 3.63) is 54.3 Å². The molecular formula is C17H16FN5OS2. The number of hydrogen-bond donors (Lipinski definition) is 1. The summed E-state index contributed by atoms with van der Waals surface area (Å²) in [6.45, 7) is 5.97. The summed E-state index contributed by atoms with van der Waals surface area (Å²) in [6, 6.07) is 6.16. The zero-order valence-corrected chi connectivity index (χ0v) is 15.6. The zero-order chi connectivity index (χ0) is 18.5. The first kappa shape index (κ1) is 18.3. The van der Waals surface area contributed by atoms with Crippen LogP contribution >= 0.6 is 23.1 Å². The normalized spacial score (nSPS) is 11.9. The highest BCUT2D eigenvalue weighted by Crippen LogP contribution is 2.28. The molecule has 1 unspecified atom stereocenters. The van der Waals surface area contributed by atoms with Crippen LogP contribution in [0.2, 0.25) is 0 Å². The van der Waals surface area contributed by atoms with Crippen molar-refractivity contribution >= 4 is 34.1 Å². The molecule has 0 spiro atoms. The second-order valence-electron chi connectivity index (χ2n) is 5.30. The van der Waals surface area contributed by atoms with Crippen LogP contribution in [0.3, 0.4) is 0 Å². The van der Waals surface area contributed by atoms with Crippen molar-refractivity contribution in [3.8, 4) is 11.4 Å². The summed E-state index contributed by atoms with van der Waals surface area (Å²) in [5, 5.41) is 13.6. The molecule has 0 aliphatic rings. The molecule has 1 aromatic carbocycles. The summed E-state index contributed by atoms with van der Waals surface area (Å²) in [7, 11) is 0. The molecule has 3 aromatic rings. The van der Waals surface area contributed by atoms with Crippen molar-refractivity contribution in [2.24, 2.45) is 0 Å². The van der Waals surface area contributed by atoms with E-state index >= 15 is 0 Å². The van der Waals surface area contributed by atoms with Crippen LogP contribution in [0.5, 0.6) is 0 Å². The number of rotatable bonds is 7. The first-order chi connectivity index (χ1) is 12.6. The second-order valence-corrected chi connectivity index (χ2v) is 7.50. The number of allylic oxidation sites excluding steroid dienone is 1. The Hall–Kier alpha value is -2.52. The van der Waals surface area contributed by atoms with Gasteiger partial charge in [0.25, 0.3) is 0 Å². The van der Waals surface area contributed by atoms with Gasteiger partial charge in [-0.1, -0.05) is 30.0 Å². The molecule has 0 bridgehead atoms. The Morgan fingerprint density at radius 3 is 3.04 bits per heavy atom. The highest BCUT2D eigenvalue weighted by molar-refractivity contribution is 8.00. The van der Waals surface area contributed by atoms with Gasteiger partial charge in [-0.2, -0.15) is 0 Å². The van der Waals surface area contributed by atoms with Gasteiger partial charge in [0.05, 0.1) is 5.25 Å². The number of carbonyl (C=O) groups is 1. The van der Waals surface area contributed by atoms with Crippen LogP contribution < -0.4 is 5.32 Å². The van der Waals surface area contributed by atoms with Crippen molar-refractivity contribution in [1.29, 1.82) is 0 Å². The van der Waals surface area contributed by atoms with Crippen LogP contribution in [-0.4, -0.2) is 30.9 Å². The lowest BCUT2D eigenvalue weighted by Crippen LogP contribution is -2.22. The summed E-state index contributed by atoms with van der Waals surface area (Å²) in [4.78, 5) is 16.4. The van der Waals surface area contributed by atoms with Crippen LogP contribution in [0.15, 0.2) is 53.7 Å². The number of anilines is 1. The number of amides is 1. The number of nitrogens with one attached hydrogen (secondary N) is 1. The molecule has 26 heavy (non-hydrogen) atoms. The number of thioether (sulfide) groups is 1. The SMILES string of the molecule is C=CCn1c(SC(C)C(=O)Nc2nccs2)nnc1-c1cccc(F)c1. The maximum Gasteiger partial charge on any atom is 0.239 e. The van der Waals surface area contributed by atoms with E-state index in [1.165, 1.54) is 35.2 Å². The number of benzene rings is 1. The third kappa shape index (κ3) is 4.17. The Labute approximate surface area is 158 Å². The predicted octanol–water partition coefficient (Wildman–Crippen LogP) is 3.85. The quantitative estimate of drug-likeness (QED) is 0.491. The lowest BCUT2D eigenvalue weighted by atomic mass is 10.2. The van der Waals surface area contributed by atoms with E-state index in [0.29, 0.717) is 28.2 Å². The van der Waals surface area contributed by atoms with Gasteiger partial charge in [-0.3, -0.25) is 9.36 Å². The van der Waals surface area contributed by atoms with E-state index in [2.05, 4.69) is 27.1 Å².